The number of aromatic nitrogens is 2. The Labute approximate surface area is 236 Å². The first-order valence-electron chi connectivity index (χ1n) is 13.0. The molecule has 5 nitrogen and oxygen atoms in total. The Kier molecular flexibility index (Phi) is 7.38. The predicted octanol–water partition coefficient (Wildman–Crippen LogP) is 7.37. The second-order valence-corrected chi connectivity index (χ2v) is 21.0. The standard InChI is InChI=1S/C32H33N2O3P3/c1-38(2,35)26-14-7-22(8-15-26)25-13-20-29-30(21-25)33-32(24-11-18-28(19-12-24)40(5,6)37)34-31(29)23-9-16-27(17-10-23)39(3,4)36/h7-21H,1-6H3. The van der Waals surface area contributed by atoms with Crippen molar-refractivity contribution in [3.63, 3.8) is 0 Å². The largest absolute Gasteiger partial charge is 0.319 e. The van der Waals surface area contributed by atoms with Gasteiger partial charge < -0.3 is 13.7 Å². The number of hydrogen-bond acceptors (Lipinski definition) is 5. The van der Waals surface area contributed by atoms with E-state index in [0.29, 0.717) is 5.82 Å². The van der Waals surface area contributed by atoms with Gasteiger partial charge in [0.1, 0.15) is 21.4 Å². The van der Waals surface area contributed by atoms with E-state index in [-0.39, 0.29) is 0 Å². The van der Waals surface area contributed by atoms with Crippen molar-refractivity contribution in [2.75, 3.05) is 40.0 Å². The molecule has 0 aliphatic carbocycles. The van der Waals surface area contributed by atoms with Gasteiger partial charge in [-0.3, -0.25) is 0 Å². The second kappa shape index (κ2) is 10.4. The second-order valence-electron chi connectivity index (χ2n) is 11.3. The van der Waals surface area contributed by atoms with Crippen molar-refractivity contribution in [3.05, 3.63) is 91.0 Å². The predicted molar refractivity (Wildman–Crippen MR) is 173 cm³/mol. The minimum absolute atomic E-state index is 0.572. The molecule has 4 aromatic carbocycles. The zero-order valence-corrected chi connectivity index (χ0v) is 26.3. The first kappa shape index (κ1) is 28.4. The van der Waals surface area contributed by atoms with E-state index in [2.05, 4.69) is 12.1 Å². The van der Waals surface area contributed by atoms with Crippen molar-refractivity contribution in [1.82, 2.24) is 9.97 Å². The Morgan fingerprint density at radius 1 is 0.450 bits per heavy atom. The molecule has 0 saturated heterocycles. The van der Waals surface area contributed by atoms with Crippen molar-refractivity contribution in [2.24, 2.45) is 0 Å². The molecule has 1 aromatic heterocycles. The van der Waals surface area contributed by atoms with Crippen LogP contribution in [0.15, 0.2) is 91.0 Å². The average Bonchev–Trinajstić information content (AvgIpc) is 2.91. The van der Waals surface area contributed by atoms with Crippen LogP contribution < -0.4 is 15.9 Å². The highest BCUT2D eigenvalue weighted by Crippen LogP contribution is 2.38. The Morgan fingerprint density at radius 2 is 0.850 bits per heavy atom. The normalized spacial score (nSPS) is 12.6. The summed E-state index contributed by atoms with van der Waals surface area (Å²) in [5.41, 5.74) is 5.33. The van der Waals surface area contributed by atoms with Crippen LogP contribution in [0.1, 0.15) is 0 Å². The van der Waals surface area contributed by atoms with E-state index in [4.69, 9.17) is 9.97 Å². The lowest BCUT2D eigenvalue weighted by atomic mass is 10.0. The van der Waals surface area contributed by atoms with Crippen LogP contribution >= 0.6 is 21.4 Å². The highest BCUT2D eigenvalue weighted by atomic mass is 31.2. The summed E-state index contributed by atoms with van der Waals surface area (Å²) >= 11 is 0. The number of hydrogen-bond donors (Lipinski definition) is 0. The molecule has 5 aromatic rings. The van der Waals surface area contributed by atoms with E-state index < -0.39 is 21.4 Å². The Bertz CT molecular complexity index is 1860. The van der Waals surface area contributed by atoms with Crippen molar-refractivity contribution < 1.29 is 13.7 Å². The topological polar surface area (TPSA) is 77.0 Å². The van der Waals surface area contributed by atoms with Gasteiger partial charge in [0.2, 0.25) is 0 Å². The molecule has 0 aliphatic rings. The van der Waals surface area contributed by atoms with Crippen LogP contribution in [-0.4, -0.2) is 50.0 Å². The van der Waals surface area contributed by atoms with Crippen LogP contribution in [0.4, 0.5) is 0 Å². The van der Waals surface area contributed by atoms with Crippen molar-refractivity contribution in [3.8, 4) is 33.8 Å². The molecule has 0 atom stereocenters. The van der Waals surface area contributed by atoms with Gasteiger partial charge in [0.25, 0.3) is 0 Å². The first-order valence-corrected chi connectivity index (χ1v) is 20.8. The molecular formula is C32H33N2O3P3. The molecule has 204 valence electrons. The number of fused-ring (bicyclic) bond motifs is 1. The van der Waals surface area contributed by atoms with Gasteiger partial charge >= 0.3 is 0 Å². The number of nitrogens with zero attached hydrogens (tertiary/aromatic N) is 2. The van der Waals surface area contributed by atoms with E-state index in [0.717, 1.165) is 54.8 Å². The quantitative estimate of drug-likeness (QED) is 0.194. The Hall–Kier alpha value is -3.09. The number of benzene rings is 4. The smallest absolute Gasteiger partial charge is 0.160 e. The molecule has 0 fully saturated rings. The fourth-order valence-electron chi connectivity index (χ4n) is 4.62. The summed E-state index contributed by atoms with van der Waals surface area (Å²) in [6.07, 6.45) is 0. The van der Waals surface area contributed by atoms with E-state index in [1.54, 1.807) is 40.0 Å². The summed E-state index contributed by atoms with van der Waals surface area (Å²) < 4.78 is 37.6. The molecule has 0 aliphatic heterocycles. The number of rotatable bonds is 6. The van der Waals surface area contributed by atoms with E-state index in [1.165, 1.54) is 0 Å². The molecule has 0 radical (unpaired) electrons. The van der Waals surface area contributed by atoms with Gasteiger partial charge in [0, 0.05) is 32.4 Å². The first-order chi connectivity index (χ1) is 18.7. The Balaban J connectivity index is 1.67. The maximum Gasteiger partial charge on any atom is 0.160 e. The third-order valence-corrected chi connectivity index (χ3v) is 11.7. The summed E-state index contributed by atoms with van der Waals surface area (Å²) in [6.45, 7) is 10.6. The van der Waals surface area contributed by atoms with Crippen LogP contribution in [0.5, 0.6) is 0 Å². The summed E-state index contributed by atoms with van der Waals surface area (Å²) in [7, 11) is -7.10. The van der Waals surface area contributed by atoms with E-state index in [1.807, 2.05) is 78.9 Å². The highest BCUT2D eigenvalue weighted by molar-refractivity contribution is 7.70. The minimum Gasteiger partial charge on any atom is -0.319 e. The lowest BCUT2D eigenvalue weighted by Crippen LogP contribution is -2.03. The van der Waals surface area contributed by atoms with Crippen LogP contribution in [-0.2, 0) is 13.7 Å². The maximum atomic E-state index is 12.6. The Morgan fingerprint density at radius 3 is 1.30 bits per heavy atom. The summed E-state index contributed by atoms with van der Waals surface area (Å²) in [4.78, 5) is 9.94. The maximum absolute atomic E-state index is 12.6. The SMILES string of the molecule is CP(C)(=O)c1ccc(-c2ccc3c(-c4ccc(P(C)(C)=O)cc4)nc(-c4ccc(P(C)(C)=O)cc4)nc3c2)cc1. The third-order valence-electron chi connectivity index (χ3n) is 7.03. The molecular weight excluding hydrogens is 553 g/mol. The van der Waals surface area contributed by atoms with Crippen molar-refractivity contribution >= 4 is 48.2 Å². The molecule has 0 amide bonds. The molecule has 1 heterocycles. The minimum atomic E-state index is -2.38. The van der Waals surface area contributed by atoms with Gasteiger partial charge in [-0.1, -0.05) is 78.9 Å². The van der Waals surface area contributed by atoms with Gasteiger partial charge in [-0.15, -0.1) is 0 Å². The van der Waals surface area contributed by atoms with Crippen LogP contribution in [0.2, 0.25) is 0 Å². The molecule has 0 saturated carbocycles. The average molecular weight is 587 g/mol. The lowest BCUT2D eigenvalue weighted by Gasteiger charge is -2.13. The van der Waals surface area contributed by atoms with Crippen molar-refractivity contribution in [2.45, 2.75) is 0 Å². The zero-order chi connectivity index (χ0) is 28.9. The molecule has 0 bridgehead atoms. The summed E-state index contributed by atoms with van der Waals surface area (Å²) in [5, 5.41) is 3.39. The van der Waals surface area contributed by atoms with E-state index >= 15 is 0 Å². The summed E-state index contributed by atoms with van der Waals surface area (Å²) in [6, 6.07) is 29.4. The summed E-state index contributed by atoms with van der Waals surface area (Å²) in [5.74, 6) is 0.572. The third kappa shape index (κ3) is 5.98. The van der Waals surface area contributed by atoms with E-state index in [9.17, 15) is 13.7 Å². The van der Waals surface area contributed by atoms with Crippen LogP contribution in [0.25, 0.3) is 44.7 Å². The highest BCUT2D eigenvalue weighted by Gasteiger charge is 2.17. The lowest BCUT2D eigenvalue weighted by molar-refractivity contribution is 0.587. The molecule has 8 heteroatoms. The fraction of sp³-hybridized carbons (Fsp3) is 0.188. The monoisotopic (exact) mass is 586 g/mol. The van der Waals surface area contributed by atoms with Gasteiger partial charge in [-0.05, 0) is 63.2 Å². The van der Waals surface area contributed by atoms with Gasteiger partial charge in [0.15, 0.2) is 5.82 Å². The van der Waals surface area contributed by atoms with Crippen LogP contribution in [0, 0.1) is 0 Å². The van der Waals surface area contributed by atoms with Gasteiger partial charge in [-0.25, -0.2) is 9.97 Å². The van der Waals surface area contributed by atoms with Crippen molar-refractivity contribution in [1.29, 1.82) is 0 Å². The molecule has 0 spiro atoms. The molecule has 5 rings (SSSR count). The van der Waals surface area contributed by atoms with Gasteiger partial charge in [-0.2, -0.15) is 0 Å². The molecule has 0 N–H and O–H groups in total. The molecule has 40 heavy (non-hydrogen) atoms. The molecule has 0 unspecified atom stereocenters. The van der Waals surface area contributed by atoms with Crippen LogP contribution in [0.3, 0.4) is 0 Å². The van der Waals surface area contributed by atoms with Gasteiger partial charge in [0.05, 0.1) is 11.2 Å². The zero-order valence-electron chi connectivity index (χ0n) is 23.6. The fourth-order valence-corrected chi connectivity index (χ4v) is 7.22.